The Morgan fingerprint density at radius 1 is 1.00 bits per heavy atom. The number of aryl methyl sites for hydroxylation is 3. The standard InChI is InChI=1S/C16H20N/c1-4-11-17-12-13(2)9-10-16(17)15-8-6-5-7-14(15)3/h5-10,12H,4,11H2,1-3H3/q+1. The first kappa shape index (κ1) is 11.8. The van der Waals surface area contributed by atoms with Gasteiger partial charge in [-0.25, -0.2) is 0 Å². The van der Waals surface area contributed by atoms with E-state index in [1.165, 1.54) is 22.4 Å². The van der Waals surface area contributed by atoms with Crippen molar-refractivity contribution in [3.8, 4) is 11.3 Å². The van der Waals surface area contributed by atoms with Gasteiger partial charge in [-0.1, -0.05) is 25.1 Å². The minimum atomic E-state index is 1.07. The van der Waals surface area contributed by atoms with Gasteiger partial charge in [0.05, 0.1) is 0 Å². The Kier molecular flexibility index (Phi) is 3.58. The molecule has 0 spiro atoms. The van der Waals surface area contributed by atoms with Crippen molar-refractivity contribution in [1.29, 1.82) is 0 Å². The van der Waals surface area contributed by atoms with E-state index in [-0.39, 0.29) is 0 Å². The summed E-state index contributed by atoms with van der Waals surface area (Å²) in [7, 11) is 0. The predicted molar refractivity (Wildman–Crippen MR) is 71.8 cm³/mol. The molecule has 0 fully saturated rings. The van der Waals surface area contributed by atoms with Crippen LogP contribution in [0.25, 0.3) is 11.3 Å². The molecule has 0 atom stereocenters. The van der Waals surface area contributed by atoms with Gasteiger partial charge in [-0.05, 0) is 31.5 Å². The highest BCUT2D eigenvalue weighted by Gasteiger charge is 2.13. The summed E-state index contributed by atoms with van der Waals surface area (Å²) in [4.78, 5) is 0. The Labute approximate surface area is 104 Å². The maximum atomic E-state index is 2.36. The fourth-order valence-corrected chi connectivity index (χ4v) is 2.20. The van der Waals surface area contributed by atoms with Gasteiger partial charge in [-0.15, -0.1) is 0 Å². The molecule has 0 N–H and O–H groups in total. The normalized spacial score (nSPS) is 10.5. The van der Waals surface area contributed by atoms with E-state index in [2.05, 4.69) is 67.9 Å². The molecule has 1 heterocycles. The van der Waals surface area contributed by atoms with Crippen LogP contribution in [0.15, 0.2) is 42.6 Å². The zero-order chi connectivity index (χ0) is 12.3. The number of hydrogen-bond acceptors (Lipinski definition) is 0. The zero-order valence-corrected chi connectivity index (χ0v) is 10.9. The van der Waals surface area contributed by atoms with Crippen molar-refractivity contribution in [2.24, 2.45) is 0 Å². The molecule has 1 nitrogen and oxygen atoms in total. The first-order chi connectivity index (χ1) is 8.22. The summed E-state index contributed by atoms with van der Waals surface area (Å²) in [6, 6.07) is 13.0. The fraction of sp³-hybridized carbons (Fsp3) is 0.312. The lowest BCUT2D eigenvalue weighted by Gasteiger charge is -2.06. The van der Waals surface area contributed by atoms with Crippen LogP contribution in [0.5, 0.6) is 0 Å². The molecule has 0 bridgehead atoms. The minimum absolute atomic E-state index is 1.07. The third-order valence-electron chi connectivity index (χ3n) is 3.06. The molecule has 0 radical (unpaired) electrons. The second-order valence-electron chi connectivity index (χ2n) is 4.60. The van der Waals surface area contributed by atoms with E-state index in [0.717, 1.165) is 13.0 Å². The molecule has 17 heavy (non-hydrogen) atoms. The highest BCUT2D eigenvalue weighted by atomic mass is 15.0. The van der Waals surface area contributed by atoms with Crippen LogP contribution in [0.4, 0.5) is 0 Å². The molecule has 0 saturated heterocycles. The van der Waals surface area contributed by atoms with Gasteiger partial charge in [-0.3, -0.25) is 0 Å². The molecule has 1 aromatic carbocycles. The minimum Gasteiger partial charge on any atom is -0.198 e. The van der Waals surface area contributed by atoms with Crippen LogP contribution in [0.2, 0.25) is 0 Å². The number of rotatable bonds is 3. The monoisotopic (exact) mass is 226 g/mol. The average molecular weight is 226 g/mol. The summed E-state index contributed by atoms with van der Waals surface area (Å²) in [6.45, 7) is 7.61. The van der Waals surface area contributed by atoms with Gasteiger partial charge in [0, 0.05) is 23.6 Å². The number of aromatic nitrogens is 1. The van der Waals surface area contributed by atoms with Crippen molar-refractivity contribution >= 4 is 0 Å². The highest BCUT2D eigenvalue weighted by molar-refractivity contribution is 5.60. The van der Waals surface area contributed by atoms with E-state index in [0.29, 0.717) is 0 Å². The molecule has 0 aliphatic carbocycles. The lowest BCUT2D eigenvalue weighted by Crippen LogP contribution is -2.36. The van der Waals surface area contributed by atoms with E-state index in [1.54, 1.807) is 0 Å². The van der Waals surface area contributed by atoms with Gasteiger partial charge in [0.2, 0.25) is 5.69 Å². The van der Waals surface area contributed by atoms with Gasteiger partial charge in [0.1, 0.15) is 6.54 Å². The zero-order valence-electron chi connectivity index (χ0n) is 10.9. The van der Waals surface area contributed by atoms with Crippen LogP contribution in [0.1, 0.15) is 24.5 Å². The lowest BCUT2D eigenvalue weighted by atomic mass is 10.0. The Balaban J connectivity index is 2.55. The molecule has 0 amide bonds. The van der Waals surface area contributed by atoms with E-state index in [9.17, 15) is 0 Å². The van der Waals surface area contributed by atoms with Crippen LogP contribution in [0, 0.1) is 13.8 Å². The van der Waals surface area contributed by atoms with E-state index < -0.39 is 0 Å². The summed E-state index contributed by atoms with van der Waals surface area (Å²) >= 11 is 0. The smallest absolute Gasteiger partial charge is 0.198 e. The molecule has 88 valence electrons. The summed E-state index contributed by atoms with van der Waals surface area (Å²) in [5.41, 5.74) is 5.30. The average Bonchev–Trinajstić information content (AvgIpc) is 2.31. The molecular formula is C16H20N+. The van der Waals surface area contributed by atoms with Crippen LogP contribution >= 0.6 is 0 Å². The van der Waals surface area contributed by atoms with Crippen molar-refractivity contribution in [2.45, 2.75) is 33.7 Å². The number of pyridine rings is 1. The van der Waals surface area contributed by atoms with E-state index in [1.807, 2.05) is 0 Å². The second kappa shape index (κ2) is 5.13. The molecule has 0 unspecified atom stereocenters. The van der Waals surface area contributed by atoms with Crippen LogP contribution in [-0.2, 0) is 6.54 Å². The van der Waals surface area contributed by atoms with Crippen molar-refractivity contribution in [3.63, 3.8) is 0 Å². The first-order valence-corrected chi connectivity index (χ1v) is 6.28. The summed E-state index contributed by atoms with van der Waals surface area (Å²) in [5, 5.41) is 0. The third-order valence-corrected chi connectivity index (χ3v) is 3.06. The van der Waals surface area contributed by atoms with Gasteiger partial charge >= 0.3 is 0 Å². The van der Waals surface area contributed by atoms with Crippen molar-refractivity contribution in [1.82, 2.24) is 0 Å². The van der Waals surface area contributed by atoms with E-state index >= 15 is 0 Å². The predicted octanol–water partition coefficient (Wildman–Crippen LogP) is 3.67. The quantitative estimate of drug-likeness (QED) is 0.703. The third kappa shape index (κ3) is 2.55. The van der Waals surface area contributed by atoms with Crippen LogP contribution in [-0.4, -0.2) is 0 Å². The van der Waals surface area contributed by atoms with Crippen molar-refractivity contribution in [3.05, 3.63) is 53.7 Å². The molecule has 2 aromatic rings. The molecule has 2 rings (SSSR count). The molecule has 0 aliphatic heterocycles. The van der Waals surface area contributed by atoms with E-state index in [4.69, 9.17) is 0 Å². The second-order valence-corrected chi connectivity index (χ2v) is 4.60. The number of nitrogens with zero attached hydrogens (tertiary/aromatic N) is 1. The Morgan fingerprint density at radius 2 is 1.76 bits per heavy atom. The molecule has 1 aromatic heterocycles. The number of benzene rings is 1. The maximum absolute atomic E-state index is 2.36. The largest absolute Gasteiger partial charge is 0.212 e. The van der Waals surface area contributed by atoms with Crippen molar-refractivity contribution < 1.29 is 4.57 Å². The Bertz CT molecular complexity index is 515. The Hall–Kier alpha value is -1.63. The maximum Gasteiger partial charge on any atom is 0.212 e. The summed E-state index contributed by atoms with van der Waals surface area (Å²) in [5.74, 6) is 0. The van der Waals surface area contributed by atoms with Gasteiger partial charge in [0.25, 0.3) is 0 Å². The molecule has 0 saturated carbocycles. The van der Waals surface area contributed by atoms with Gasteiger partial charge < -0.3 is 0 Å². The summed E-state index contributed by atoms with van der Waals surface area (Å²) < 4.78 is 2.36. The van der Waals surface area contributed by atoms with Crippen molar-refractivity contribution in [2.75, 3.05) is 0 Å². The summed E-state index contributed by atoms with van der Waals surface area (Å²) in [6.07, 6.45) is 3.40. The molecule has 1 heteroatoms. The van der Waals surface area contributed by atoms with Crippen LogP contribution in [0.3, 0.4) is 0 Å². The fourth-order valence-electron chi connectivity index (χ4n) is 2.20. The van der Waals surface area contributed by atoms with Gasteiger partial charge in [0.15, 0.2) is 6.20 Å². The van der Waals surface area contributed by atoms with Gasteiger partial charge in [-0.2, -0.15) is 4.57 Å². The SMILES string of the molecule is CCC[n+]1cc(C)ccc1-c1ccccc1C. The lowest BCUT2D eigenvalue weighted by molar-refractivity contribution is -0.686. The molecular weight excluding hydrogens is 206 g/mol. The topological polar surface area (TPSA) is 3.88 Å². The highest BCUT2D eigenvalue weighted by Crippen LogP contribution is 2.19. The molecule has 0 aliphatic rings. The first-order valence-electron chi connectivity index (χ1n) is 6.28. The van der Waals surface area contributed by atoms with Crippen LogP contribution < -0.4 is 4.57 Å². The number of hydrogen-bond donors (Lipinski definition) is 0. The Morgan fingerprint density at radius 3 is 2.47 bits per heavy atom.